The minimum Gasteiger partial charge on any atom is -0.322 e. The normalized spacial score (nSPS) is 10.3. The van der Waals surface area contributed by atoms with Gasteiger partial charge in [-0.25, -0.2) is 0 Å². The molecule has 3 heteroatoms. The molecule has 0 saturated carbocycles. The zero-order valence-electron chi connectivity index (χ0n) is 11.0. The Morgan fingerprint density at radius 2 is 1.89 bits per heavy atom. The fraction of sp³-hybridized carbons (Fsp3) is 0.188. The van der Waals surface area contributed by atoms with Crippen molar-refractivity contribution in [2.24, 2.45) is 0 Å². The van der Waals surface area contributed by atoms with Gasteiger partial charge in [0.15, 0.2) is 0 Å². The number of rotatable bonds is 3. The summed E-state index contributed by atoms with van der Waals surface area (Å²) in [6.07, 6.45) is 0.897. The SMILES string of the molecule is CCc1ccccc1NC(=O)c1cccc(Br)c1C. The van der Waals surface area contributed by atoms with Gasteiger partial charge in [-0.05, 0) is 42.7 Å². The lowest BCUT2D eigenvalue weighted by Crippen LogP contribution is -2.14. The second-order valence-electron chi connectivity index (χ2n) is 4.38. The molecule has 0 aliphatic carbocycles. The fourth-order valence-electron chi connectivity index (χ4n) is 1.99. The summed E-state index contributed by atoms with van der Waals surface area (Å²) in [5.74, 6) is -0.0697. The van der Waals surface area contributed by atoms with E-state index in [2.05, 4.69) is 28.2 Å². The molecular formula is C16H16BrNO. The van der Waals surface area contributed by atoms with E-state index in [-0.39, 0.29) is 5.91 Å². The molecule has 0 heterocycles. The maximum atomic E-state index is 12.3. The van der Waals surface area contributed by atoms with Gasteiger partial charge in [-0.15, -0.1) is 0 Å². The maximum Gasteiger partial charge on any atom is 0.255 e. The van der Waals surface area contributed by atoms with Crippen molar-refractivity contribution in [3.05, 3.63) is 63.6 Å². The van der Waals surface area contributed by atoms with Gasteiger partial charge in [0, 0.05) is 15.7 Å². The Hall–Kier alpha value is -1.61. The van der Waals surface area contributed by atoms with Crippen molar-refractivity contribution in [1.29, 1.82) is 0 Å². The molecule has 19 heavy (non-hydrogen) atoms. The van der Waals surface area contributed by atoms with E-state index >= 15 is 0 Å². The van der Waals surface area contributed by atoms with E-state index < -0.39 is 0 Å². The zero-order chi connectivity index (χ0) is 13.8. The highest BCUT2D eigenvalue weighted by molar-refractivity contribution is 9.10. The summed E-state index contributed by atoms with van der Waals surface area (Å²) in [5.41, 5.74) is 3.67. The zero-order valence-corrected chi connectivity index (χ0v) is 12.6. The number of hydrogen-bond donors (Lipinski definition) is 1. The third-order valence-electron chi connectivity index (χ3n) is 3.16. The van der Waals surface area contributed by atoms with Crippen molar-refractivity contribution in [3.8, 4) is 0 Å². The van der Waals surface area contributed by atoms with Crippen LogP contribution in [0.2, 0.25) is 0 Å². The monoisotopic (exact) mass is 317 g/mol. The van der Waals surface area contributed by atoms with Gasteiger partial charge in [-0.1, -0.05) is 47.1 Å². The number of aryl methyl sites for hydroxylation is 1. The van der Waals surface area contributed by atoms with Crippen LogP contribution >= 0.6 is 15.9 Å². The van der Waals surface area contributed by atoms with Crippen molar-refractivity contribution in [1.82, 2.24) is 0 Å². The Kier molecular flexibility index (Phi) is 4.38. The Balaban J connectivity index is 2.28. The Morgan fingerprint density at radius 3 is 2.63 bits per heavy atom. The third kappa shape index (κ3) is 3.04. The van der Waals surface area contributed by atoms with Crippen molar-refractivity contribution in [2.75, 3.05) is 5.32 Å². The van der Waals surface area contributed by atoms with Gasteiger partial charge in [0.2, 0.25) is 0 Å². The summed E-state index contributed by atoms with van der Waals surface area (Å²) < 4.78 is 0.948. The summed E-state index contributed by atoms with van der Waals surface area (Å²) in [6.45, 7) is 4.01. The summed E-state index contributed by atoms with van der Waals surface area (Å²) in [6, 6.07) is 13.5. The Labute approximate surface area is 122 Å². The minimum atomic E-state index is -0.0697. The number of amides is 1. The lowest BCUT2D eigenvalue weighted by atomic mass is 10.1. The first-order chi connectivity index (χ1) is 9.13. The molecule has 2 nitrogen and oxygen atoms in total. The molecule has 2 rings (SSSR count). The van der Waals surface area contributed by atoms with E-state index in [1.165, 1.54) is 0 Å². The van der Waals surface area contributed by atoms with E-state index in [1.54, 1.807) is 0 Å². The summed E-state index contributed by atoms with van der Waals surface area (Å²) >= 11 is 3.45. The number of nitrogens with one attached hydrogen (secondary N) is 1. The molecule has 0 aromatic heterocycles. The number of carbonyl (C=O) groups is 1. The van der Waals surface area contributed by atoms with Crippen LogP contribution in [0.4, 0.5) is 5.69 Å². The molecule has 0 radical (unpaired) electrons. The molecule has 0 fully saturated rings. The van der Waals surface area contributed by atoms with Gasteiger partial charge in [-0.3, -0.25) is 4.79 Å². The first kappa shape index (κ1) is 13.8. The molecule has 0 saturated heterocycles. The van der Waals surface area contributed by atoms with Crippen LogP contribution in [-0.2, 0) is 6.42 Å². The molecule has 2 aromatic carbocycles. The number of anilines is 1. The minimum absolute atomic E-state index is 0.0697. The van der Waals surface area contributed by atoms with E-state index in [0.29, 0.717) is 5.56 Å². The molecule has 0 aliphatic rings. The summed E-state index contributed by atoms with van der Waals surface area (Å²) in [7, 11) is 0. The number of benzene rings is 2. The average Bonchev–Trinajstić information content (AvgIpc) is 2.42. The first-order valence-corrected chi connectivity index (χ1v) is 7.07. The van der Waals surface area contributed by atoms with Crippen molar-refractivity contribution < 1.29 is 4.79 Å². The first-order valence-electron chi connectivity index (χ1n) is 6.28. The Bertz CT molecular complexity index is 607. The summed E-state index contributed by atoms with van der Waals surface area (Å²) in [4.78, 5) is 12.3. The highest BCUT2D eigenvalue weighted by atomic mass is 79.9. The number of carbonyl (C=O) groups excluding carboxylic acids is 1. The van der Waals surface area contributed by atoms with Crippen LogP contribution in [0.3, 0.4) is 0 Å². The van der Waals surface area contributed by atoms with E-state index in [0.717, 1.165) is 27.7 Å². The highest BCUT2D eigenvalue weighted by Crippen LogP contribution is 2.22. The standard InChI is InChI=1S/C16H16BrNO/c1-3-12-7-4-5-10-15(12)18-16(19)13-8-6-9-14(17)11(13)2/h4-10H,3H2,1-2H3,(H,18,19). The number of hydrogen-bond acceptors (Lipinski definition) is 1. The smallest absolute Gasteiger partial charge is 0.255 e. The van der Waals surface area contributed by atoms with Crippen LogP contribution in [0.5, 0.6) is 0 Å². The van der Waals surface area contributed by atoms with Gasteiger partial charge in [0.1, 0.15) is 0 Å². The van der Waals surface area contributed by atoms with Gasteiger partial charge in [0.25, 0.3) is 5.91 Å². The molecule has 0 atom stereocenters. The van der Waals surface area contributed by atoms with Crippen molar-refractivity contribution >= 4 is 27.5 Å². The van der Waals surface area contributed by atoms with Gasteiger partial charge >= 0.3 is 0 Å². The van der Waals surface area contributed by atoms with Gasteiger partial charge in [0.05, 0.1) is 0 Å². The quantitative estimate of drug-likeness (QED) is 0.882. The van der Waals surface area contributed by atoms with E-state index in [1.807, 2.05) is 49.4 Å². The maximum absolute atomic E-state index is 12.3. The number of para-hydroxylation sites is 1. The molecule has 2 aromatic rings. The van der Waals surface area contributed by atoms with Crippen molar-refractivity contribution in [2.45, 2.75) is 20.3 Å². The van der Waals surface area contributed by atoms with Crippen molar-refractivity contribution in [3.63, 3.8) is 0 Å². The van der Waals surface area contributed by atoms with Crippen LogP contribution in [0.25, 0.3) is 0 Å². The van der Waals surface area contributed by atoms with Crippen LogP contribution < -0.4 is 5.32 Å². The number of halogens is 1. The molecule has 0 spiro atoms. The molecule has 0 unspecified atom stereocenters. The van der Waals surface area contributed by atoms with E-state index in [4.69, 9.17) is 0 Å². The topological polar surface area (TPSA) is 29.1 Å². The molecule has 0 bridgehead atoms. The second-order valence-corrected chi connectivity index (χ2v) is 5.23. The molecular weight excluding hydrogens is 302 g/mol. The Morgan fingerprint density at radius 1 is 1.16 bits per heavy atom. The highest BCUT2D eigenvalue weighted by Gasteiger charge is 2.12. The molecule has 1 N–H and O–H groups in total. The van der Waals surface area contributed by atoms with Crippen LogP contribution in [0, 0.1) is 6.92 Å². The predicted octanol–water partition coefficient (Wildman–Crippen LogP) is 4.57. The van der Waals surface area contributed by atoms with Crippen LogP contribution in [0.15, 0.2) is 46.9 Å². The predicted molar refractivity (Wildman–Crippen MR) is 82.7 cm³/mol. The van der Waals surface area contributed by atoms with Gasteiger partial charge < -0.3 is 5.32 Å². The van der Waals surface area contributed by atoms with Crippen LogP contribution in [-0.4, -0.2) is 5.91 Å². The van der Waals surface area contributed by atoms with E-state index in [9.17, 15) is 4.79 Å². The molecule has 98 valence electrons. The van der Waals surface area contributed by atoms with Crippen LogP contribution in [0.1, 0.15) is 28.4 Å². The molecule has 1 amide bonds. The molecule has 0 aliphatic heterocycles. The lowest BCUT2D eigenvalue weighted by molar-refractivity contribution is 0.102. The average molecular weight is 318 g/mol. The van der Waals surface area contributed by atoms with Gasteiger partial charge in [-0.2, -0.15) is 0 Å². The lowest BCUT2D eigenvalue weighted by Gasteiger charge is -2.11. The fourth-order valence-corrected chi connectivity index (χ4v) is 2.36. The summed E-state index contributed by atoms with van der Waals surface area (Å²) in [5, 5.41) is 2.99. The largest absolute Gasteiger partial charge is 0.322 e. The second kappa shape index (κ2) is 6.02. The third-order valence-corrected chi connectivity index (χ3v) is 4.02.